The van der Waals surface area contributed by atoms with Gasteiger partial charge in [0, 0.05) is 31.3 Å². The van der Waals surface area contributed by atoms with Crippen LogP contribution in [0.15, 0.2) is 27.8 Å². The Morgan fingerprint density at radius 1 is 1.27 bits per heavy atom. The number of benzene rings is 1. The van der Waals surface area contributed by atoms with Crippen LogP contribution in [0.2, 0.25) is 0 Å². The maximum Gasteiger partial charge on any atom is 0.332 e. The zero-order chi connectivity index (χ0) is 19.0. The van der Waals surface area contributed by atoms with E-state index in [2.05, 4.69) is 9.97 Å². The van der Waals surface area contributed by atoms with Gasteiger partial charge in [0.1, 0.15) is 17.1 Å². The minimum Gasteiger partial charge on any atom is -0.508 e. The van der Waals surface area contributed by atoms with E-state index in [1.807, 2.05) is 32.0 Å². The van der Waals surface area contributed by atoms with Crippen molar-refractivity contribution in [1.82, 2.24) is 24.0 Å². The van der Waals surface area contributed by atoms with Crippen LogP contribution in [0.1, 0.15) is 18.9 Å². The minimum atomic E-state index is -0.374. The summed E-state index contributed by atoms with van der Waals surface area (Å²) in [7, 11) is 5.44. The molecular weight excluding hydrogens is 334 g/mol. The van der Waals surface area contributed by atoms with Crippen molar-refractivity contribution in [3.05, 3.63) is 44.6 Å². The van der Waals surface area contributed by atoms with Gasteiger partial charge in [-0.15, -0.1) is 0 Å². The first-order valence-electron chi connectivity index (χ1n) is 8.50. The molecule has 2 heterocycles. The fourth-order valence-electron chi connectivity index (χ4n) is 3.01. The Hall–Kier alpha value is -2.87. The van der Waals surface area contributed by atoms with Gasteiger partial charge >= 0.3 is 5.69 Å². The second-order valence-electron chi connectivity index (χ2n) is 6.66. The molecule has 0 fully saturated rings. The van der Waals surface area contributed by atoms with Crippen LogP contribution in [-0.4, -0.2) is 43.2 Å². The molecule has 0 aliphatic carbocycles. The van der Waals surface area contributed by atoms with Crippen LogP contribution in [0.25, 0.3) is 22.6 Å². The average Bonchev–Trinajstić information content (AvgIpc) is 3.04. The van der Waals surface area contributed by atoms with Crippen molar-refractivity contribution in [2.45, 2.75) is 26.4 Å². The molecule has 0 aliphatic rings. The second kappa shape index (κ2) is 6.80. The molecule has 0 atom stereocenters. The molecule has 0 amide bonds. The second-order valence-corrected chi connectivity index (χ2v) is 6.66. The summed E-state index contributed by atoms with van der Waals surface area (Å²) in [4.78, 5) is 34.5. The highest BCUT2D eigenvalue weighted by Gasteiger charge is 2.16. The molecule has 0 saturated heterocycles. The monoisotopic (exact) mass is 357 g/mol. The van der Waals surface area contributed by atoms with Gasteiger partial charge in [0.2, 0.25) is 0 Å². The van der Waals surface area contributed by atoms with Gasteiger partial charge in [-0.1, -0.05) is 6.92 Å². The molecule has 0 radical (unpaired) electrons. The summed E-state index contributed by atoms with van der Waals surface area (Å²) in [6, 6.07) is 5.17. The zero-order valence-electron chi connectivity index (χ0n) is 15.4. The topological polar surface area (TPSA) is 96.2 Å². The van der Waals surface area contributed by atoms with Crippen LogP contribution < -0.4 is 11.2 Å². The van der Waals surface area contributed by atoms with Gasteiger partial charge in [0.05, 0.1) is 0 Å². The van der Waals surface area contributed by atoms with E-state index in [0.717, 1.165) is 11.1 Å². The fraction of sp³-hybridized carbons (Fsp3) is 0.389. The Labute approximate surface area is 150 Å². The summed E-state index contributed by atoms with van der Waals surface area (Å²) in [6.45, 7) is 2.85. The Kier molecular flexibility index (Phi) is 4.69. The highest BCUT2D eigenvalue weighted by atomic mass is 16.3. The van der Waals surface area contributed by atoms with E-state index >= 15 is 0 Å². The summed E-state index contributed by atoms with van der Waals surface area (Å²) in [6.07, 6.45) is 0.688. The number of aryl methyl sites for hydroxylation is 1. The lowest BCUT2D eigenvalue weighted by atomic mass is 10.1. The molecule has 8 nitrogen and oxygen atoms in total. The maximum absolute atomic E-state index is 12.6. The smallest absolute Gasteiger partial charge is 0.332 e. The van der Waals surface area contributed by atoms with Crippen LogP contribution in [0.5, 0.6) is 5.75 Å². The lowest BCUT2D eigenvalue weighted by molar-refractivity contribution is 0.386. The van der Waals surface area contributed by atoms with Crippen molar-refractivity contribution >= 4 is 11.2 Å². The SMILES string of the molecule is CCCn1c(=O)c2[nH]c(-c3ccc(O)c(CN(C)C)c3)nc2n(C)c1=O. The molecule has 2 aromatic heterocycles. The third kappa shape index (κ3) is 3.03. The van der Waals surface area contributed by atoms with Crippen molar-refractivity contribution in [2.75, 3.05) is 14.1 Å². The third-order valence-corrected chi connectivity index (χ3v) is 4.27. The van der Waals surface area contributed by atoms with Gasteiger partial charge in [-0.25, -0.2) is 9.78 Å². The lowest BCUT2D eigenvalue weighted by Gasteiger charge is -2.12. The zero-order valence-corrected chi connectivity index (χ0v) is 15.4. The summed E-state index contributed by atoms with van der Waals surface area (Å²) in [5.74, 6) is 0.692. The first kappa shape index (κ1) is 17.9. The number of phenols is 1. The standard InChI is InChI=1S/C18H23N5O3/c1-5-8-23-17(25)14-16(22(4)18(23)26)20-15(19-14)11-6-7-13(24)12(9-11)10-21(2)3/h6-7,9,24H,5,8,10H2,1-4H3,(H,19,20). The molecule has 3 aromatic rings. The predicted molar refractivity (Wildman–Crippen MR) is 100 cm³/mol. The summed E-state index contributed by atoms with van der Waals surface area (Å²) in [5.41, 5.74) is 1.38. The van der Waals surface area contributed by atoms with Crippen LogP contribution in [0, 0.1) is 0 Å². The van der Waals surface area contributed by atoms with Gasteiger partial charge in [0.25, 0.3) is 5.56 Å². The number of H-pyrrole nitrogens is 1. The number of nitrogens with zero attached hydrogens (tertiary/aromatic N) is 4. The van der Waals surface area contributed by atoms with Crippen molar-refractivity contribution < 1.29 is 5.11 Å². The molecule has 8 heteroatoms. The van der Waals surface area contributed by atoms with E-state index in [4.69, 9.17) is 0 Å². The number of fused-ring (bicyclic) bond motifs is 1. The number of aromatic nitrogens is 4. The van der Waals surface area contributed by atoms with E-state index in [-0.39, 0.29) is 17.0 Å². The van der Waals surface area contributed by atoms with Crippen LogP contribution in [0.3, 0.4) is 0 Å². The molecule has 0 aliphatic heterocycles. The van der Waals surface area contributed by atoms with E-state index in [0.29, 0.717) is 36.5 Å². The Morgan fingerprint density at radius 3 is 2.65 bits per heavy atom. The fourth-order valence-corrected chi connectivity index (χ4v) is 3.01. The first-order chi connectivity index (χ1) is 12.3. The number of nitrogens with one attached hydrogen (secondary N) is 1. The number of hydrogen-bond donors (Lipinski definition) is 2. The van der Waals surface area contributed by atoms with Gasteiger partial charge in [-0.05, 0) is 38.7 Å². The van der Waals surface area contributed by atoms with Crippen LogP contribution in [-0.2, 0) is 20.1 Å². The van der Waals surface area contributed by atoms with Crippen LogP contribution >= 0.6 is 0 Å². The maximum atomic E-state index is 12.6. The highest BCUT2D eigenvalue weighted by Crippen LogP contribution is 2.25. The molecule has 0 unspecified atom stereocenters. The molecule has 0 saturated carbocycles. The van der Waals surface area contributed by atoms with Crippen molar-refractivity contribution in [3.63, 3.8) is 0 Å². The molecular formula is C18H23N5O3. The number of phenolic OH excluding ortho intramolecular Hbond substituents is 1. The van der Waals surface area contributed by atoms with Gasteiger partial charge < -0.3 is 15.0 Å². The number of rotatable bonds is 5. The van der Waals surface area contributed by atoms with E-state index in [9.17, 15) is 14.7 Å². The van der Waals surface area contributed by atoms with Crippen molar-refractivity contribution in [1.29, 1.82) is 0 Å². The third-order valence-electron chi connectivity index (χ3n) is 4.27. The highest BCUT2D eigenvalue weighted by molar-refractivity contribution is 5.75. The Balaban J connectivity index is 2.19. The number of hydrogen-bond acceptors (Lipinski definition) is 5. The molecule has 138 valence electrons. The molecule has 3 rings (SSSR count). The lowest BCUT2D eigenvalue weighted by Crippen LogP contribution is -2.39. The van der Waals surface area contributed by atoms with Crippen molar-refractivity contribution in [3.8, 4) is 17.1 Å². The molecule has 2 N–H and O–H groups in total. The molecule has 0 spiro atoms. The number of aromatic amines is 1. The predicted octanol–water partition coefficient (Wildman–Crippen LogP) is 1.27. The van der Waals surface area contributed by atoms with Crippen LogP contribution in [0.4, 0.5) is 0 Å². The molecule has 1 aromatic carbocycles. The van der Waals surface area contributed by atoms with Gasteiger partial charge in [-0.2, -0.15) is 0 Å². The van der Waals surface area contributed by atoms with Gasteiger partial charge in [-0.3, -0.25) is 13.9 Å². The van der Waals surface area contributed by atoms with E-state index in [1.165, 1.54) is 9.13 Å². The Bertz CT molecular complexity index is 1070. The summed E-state index contributed by atoms with van der Waals surface area (Å²) < 4.78 is 2.60. The van der Waals surface area contributed by atoms with E-state index in [1.54, 1.807) is 19.2 Å². The quantitative estimate of drug-likeness (QED) is 0.717. The normalized spacial score (nSPS) is 11.6. The van der Waals surface area contributed by atoms with Crippen molar-refractivity contribution in [2.24, 2.45) is 7.05 Å². The number of imidazole rings is 1. The largest absolute Gasteiger partial charge is 0.508 e. The Morgan fingerprint density at radius 2 is 2.00 bits per heavy atom. The minimum absolute atomic E-state index is 0.205. The van der Waals surface area contributed by atoms with E-state index < -0.39 is 0 Å². The van der Waals surface area contributed by atoms with Gasteiger partial charge in [0.15, 0.2) is 5.65 Å². The average molecular weight is 357 g/mol. The molecule has 0 bridgehead atoms. The first-order valence-corrected chi connectivity index (χ1v) is 8.50. The number of aromatic hydroxyl groups is 1. The summed E-state index contributed by atoms with van der Waals surface area (Å²) >= 11 is 0. The molecule has 26 heavy (non-hydrogen) atoms. The summed E-state index contributed by atoms with van der Waals surface area (Å²) in [5, 5.41) is 10.0.